The van der Waals surface area contributed by atoms with Crippen LogP contribution in [0.4, 0.5) is 5.82 Å². The molecule has 1 unspecified atom stereocenters. The van der Waals surface area contributed by atoms with Crippen LogP contribution in [0.15, 0.2) is 48.8 Å². The quantitative estimate of drug-likeness (QED) is 0.728. The first-order chi connectivity index (χ1) is 11.6. The first-order valence-corrected chi connectivity index (χ1v) is 8.00. The molecule has 0 aliphatic carbocycles. The Bertz CT molecular complexity index is 801. The van der Waals surface area contributed by atoms with Crippen LogP contribution in [-0.4, -0.2) is 30.9 Å². The van der Waals surface area contributed by atoms with Gasteiger partial charge in [0.05, 0.1) is 5.56 Å². The molecule has 24 heavy (non-hydrogen) atoms. The normalized spacial score (nSPS) is 12.1. The van der Waals surface area contributed by atoms with Crippen molar-refractivity contribution in [1.29, 1.82) is 0 Å². The minimum absolute atomic E-state index is 0.181. The SMILES string of the molecule is Cc1cc(NC(C)CCn2cccn2)nc(-c2ccccc2O)n1. The Labute approximate surface area is 141 Å². The van der Waals surface area contributed by atoms with Gasteiger partial charge in [-0.1, -0.05) is 12.1 Å². The second-order valence-corrected chi connectivity index (χ2v) is 5.84. The molecule has 0 saturated heterocycles. The zero-order valence-electron chi connectivity index (χ0n) is 13.8. The molecule has 124 valence electrons. The highest BCUT2D eigenvalue weighted by Gasteiger charge is 2.10. The van der Waals surface area contributed by atoms with E-state index in [1.54, 1.807) is 18.3 Å². The van der Waals surface area contributed by atoms with E-state index in [-0.39, 0.29) is 11.8 Å². The molecule has 0 saturated carbocycles. The molecule has 2 aromatic heterocycles. The number of rotatable bonds is 6. The molecule has 1 atom stereocenters. The summed E-state index contributed by atoms with van der Waals surface area (Å²) in [5.74, 6) is 1.46. The number of nitrogens with zero attached hydrogens (tertiary/aromatic N) is 4. The van der Waals surface area contributed by atoms with E-state index in [0.717, 1.165) is 24.5 Å². The predicted octanol–water partition coefficient (Wildman–Crippen LogP) is 3.24. The molecule has 6 heteroatoms. The van der Waals surface area contributed by atoms with Crippen molar-refractivity contribution >= 4 is 5.82 Å². The standard InChI is InChI=1S/C18H21N5O/c1-13(8-11-23-10-5-9-19-23)20-17-12-14(2)21-18(22-17)15-6-3-4-7-16(15)24/h3-7,9-10,12-13,24H,8,11H2,1-2H3,(H,20,21,22). The largest absolute Gasteiger partial charge is 0.507 e. The Morgan fingerprint density at radius 1 is 1.21 bits per heavy atom. The second kappa shape index (κ2) is 7.12. The summed E-state index contributed by atoms with van der Waals surface area (Å²) in [6, 6.07) is 11.2. The Balaban J connectivity index is 1.73. The molecule has 0 fully saturated rings. The van der Waals surface area contributed by atoms with Crippen molar-refractivity contribution in [2.24, 2.45) is 0 Å². The van der Waals surface area contributed by atoms with Crippen molar-refractivity contribution in [3.05, 3.63) is 54.5 Å². The van der Waals surface area contributed by atoms with Gasteiger partial charge in [0, 0.05) is 36.7 Å². The van der Waals surface area contributed by atoms with Crippen molar-refractivity contribution < 1.29 is 5.11 Å². The average Bonchev–Trinajstić information content (AvgIpc) is 3.06. The number of nitrogens with one attached hydrogen (secondary N) is 1. The molecule has 1 aromatic carbocycles. The summed E-state index contributed by atoms with van der Waals surface area (Å²) >= 11 is 0. The first-order valence-electron chi connectivity index (χ1n) is 8.00. The van der Waals surface area contributed by atoms with Crippen molar-refractivity contribution in [2.75, 3.05) is 5.32 Å². The zero-order valence-corrected chi connectivity index (χ0v) is 13.8. The fourth-order valence-corrected chi connectivity index (χ4v) is 2.51. The first kappa shape index (κ1) is 16.0. The van der Waals surface area contributed by atoms with E-state index in [1.807, 2.05) is 42.1 Å². The highest BCUT2D eigenvalue weighted by atomic mass is 16.3. The fraction of sp³-hybridized carbons (Fsp3) is 0.278. The van der Waals surface area contributed by atoms with E-state index in [2.05, 4.69) is 27.3 Å². The van der Waals surface area contributed by atoms with Crippen LogP contribution in [0.25, 0.3) is 11.4 Å². The minimum atomic E-state index is 0.181. The molecule has 0 amide bonds. The highest BCUT2D eigenvalue weighted by molar-refractivity contribution is 5.64. The summed E-state index contributed by atoms with van der Waals surface area (Å²) in [7, 11) is 0. The van der Waals surface area contributed by atoms with Crippen molar-refractivity contribution in [2.45, 2.75) is 32.9 Å². The van der Waals surface area contributed by atoms with Gasteiger partial charge in [-0.15, -0.1) is 0 Å². The van der Waals surface area contributed by atoms with Crippen LogP contribution in [0.2, 0.25) is 0 Å². The summed E-state index contributed by atoms with van der Waals surface area (Å²) in [4.78, 5) is 8.98. The lowest BCUT2D eigenvalue weighted by atomic mass is 10.2. The number of hydrogen-bond donors (Lipinski definition) is 2. The van der Waals surface area contributed by atoms with Crippen LogP contribution >= 0.6 is 0 Å². The van der Waals surface area contributed by atoms with Gasteiger partial charge < -0.3 is 10.4 Å². The average molecular weight is 323 g/mol. The summed E-state index contributed by atoms with van der Waals surface area (Å²) in [5, 5.41) is 17.6. The highest BCUT2D eigenvalue weighted by Crippen LogP contribution is 2.26. The van der Waals surface area contributed by atoms with E-state index in [1.165, 1.54) is 0 Å². The van der Waals surface area contributed by atoms with Gasteiger partial charge in [0.15, 0.2) is 5.82 Å². The predicted molar refractivity (Wildman–Crippen MR) is 93.8 cm³/mol. The maximum atomic E-state index is 10.0. The lowest BCUT2D eigenvalue weighted by Gasteiger charge is -2.15. The molecular weight excluding hydrogens is 302 g/mol. The number of anilines is 1. The summed E-state index contributed by atoms with van der Waals surface area (Å²) < 4.78 is 1.91. The number of para-hydroxylation sites is 1. The van der Waals surface area contributed by atoms with Gasteiger partial charge in [0.1, 0.15) is 11.6 Å². The molecule has 3 aromatic rings. The Morgan fingerprint density at radius 3 is 2.79 bits per heavy atom. The van der Waals surface area contributed by atoms with E-state index in [9.17, 15) is 5.11 Å². The van der Waals surface area contributed by atoms with Crippen LogP contribution in [0.1, 0.15) is 19.0 Å². The third kappa shape index (κ3) is 3.90. The Morgan fingerprint density at radius 2 is 2.04 bits per heavy atom. The lowest BCUT2D eigenvalue weighted by Crippen LogP contribution is -2.19. The molecule has 0 aliphatic rings. The van der Waals surface area contributed by atoms with E-state index in [0.29, 0.717) is 11.4 Å². The fourth-order valence-electron chi connectivity index (χ4n) is 2.51. The molecule has 6 nitrogen and oxygen atoms in total. The number of aromatic hydroxyl groups is 1. The number of aromatic nitrogens is 4. The Kier molecular flexibility index (Phi) is 4.74. The molecule has 0 aliphatic heterocycles. The van der Waals surface area contributed by atoms with Gasteiger partial charge in [-0.25, -0.2) is 9.97 Å². The maximum absolute atomic E-state index is 10.0. The Hall–Kier alpha value is -2.89. The van der Waals surface area contributed by atoms with E-state index >= 15 is 0 Å². The number of phenols is 1. The molecular formula is C18H21N5O. The van der Waals surface area contributed by atoms with Gasteiger partial charge in [-0.2, -0.15) is 5.10 Å². The monoisotopic (exact) mass is 323 g/mol. The zero-order chi connectivity index (χ0) is 16.9. The van der Waals surface area contributed by atoms with E-state index in [4.69, 9.17) is 0 Å². The lowest BCUT2D eigenvalue weighted by molar-refractivity contribution is 0.477. The van der Waals surface area contributed by atoms with Crippen molar-refractivity contribution in [3.8, 4) is 17.1 Å². The third-order valence-corrected chi connectivity index (χ3v) is 3.74. The second-order valence-electron chi connectivity index (χ2n) is 5.84. The third-order valence-electron chi connectivity index (χ3n) is 3.74. The minimum Gasteiger partial charge on any atom is -0.507 e. The number of hydrogen-bond acceptors (Lipinski definition) is 5. The van der Waals surface area contributed by atoms with Gasteiger partial charge in [0.25, 0.3) is 0 Å². The molecule has 0 bridgehead atoms. The van der Waals surface area contributed by atoms with Gasteiger partial charge >= 0.3 is 0 Å². The van der Waals surface area contributed by atoms with E-state index < -0.39 is 0 Å². The van der Waals surface area contributed by atoms with Gasteiger partial charge in [-0.05, 0) is 38.5 Å². The van der Waals surface area contributed by atoms with Crippen LogP contribution in [0.5, 0.6) is 5.75 Å². The number of phenolic OH excluding ortho intramolecular Hbond substituents is 1. The van der Waals surface area contributed by atoms with Crippen molar-refractivity contribution in [1.82, 2.24) is 19.7 Å². The number of benzene rings is 1. The molecule has 3 rings (SSSR count). The summed E-state index contributed by atoms with van der Waals surface area (Å²) in [6.45, 7) is 4.88. The van der Waals surface area contributed by atoms with Crippen LogP contribution < -0.4 is 5.32 Å². The van der Waals surface area contributed by atoms with Gasteiger partial charge in [0.2, 0.25) is 0 Å². The maximum Gasteiger partial charge on any atom is 0.165 e. The van der Waals surface area contributed by atoms with Crippen LogP contribution in [0.3, 0.4) is 0 Å². The van der Waals surface area contributed by atoms with Crippen molar-refractivity contribution in [3.63, 3.8) is 0 Å². The molecule has 0 radical (unpaired) electrons. The smallest absolute Gasteiger partial charge is 0.165 e. The molecule has 2 heterocycles. The molecule has 0 spiro atoms. The summed E-state index contributed by atoms with van der Waals surface area (Å²) in [5.41, 5.74) is 1.48. The topological polar surface area (TPSA) is 75.9 Å². The molecule has 2 N–H and O–H groups in total. The van der Waals surface area contributed by atoms with Gasteiger partial charge in [-0.3, -0.25) is 4.68 Å². The number of aryl methyl sites for hydroxylation is 2. The summed E-state index contributed by atoms with van der Waals surface area (Å²) in [6.07, 6.45) is 4.67. The van der Waals surface area contributed by atoms with Crippen LogP contribution in [-0.2, 0) is 6.54 Å². The van der Waals surface area contributed by atoms with Crippen LogP contribution in [0, 0.1) is 6.92 Å².